The standard InChI is InChI=1S/C18H19ClN2O3S/c1-2-23-10-11-24-14-7-5-6-13(12-14)20-18(25)21-17(22)15-8-3-4-9-16(15)19/h3-9,12H,2,10-11H2,1H3,(H2,20,21,22,25). The van der Waals surface area contributed by atoms with Crippen LogP contribution in [0.3, 0.4) is 0 Å². The van der Waals surface area contributed by atoms with Crippen molar-refractivity contribution >= 4 is 40.5 Å². The maximum absolute atomic E-state index is 12.2. The second-order valence-electron chi connectivity index (χ2n) is 4.96. The summed E-state index contributed by atoms with van der Waals surface area (Å²) in [5.41, 5.74) is 1.07. The molecule has 0 unspecified atom stereocenters. The maximum atomic E-state index is 12.2. The molecule has 0 atom stereocenters. The molecule has 2 aromatic rings. The van der Waals surface area contributed by atoms with Gasteiger partial charge in [0, 0.05) is 18.4 Å². The maximum Gasteiger partial charge on any atom is 0.258 e. The lowest BCUT2D eigenvalue weighted by molar-refractivity contribution is 0.0978. The number of nitrogens with one attached hydrogen (secondary N) is 2. The van der Waals surface area contributed by atoms with Crippen molar-refractivity contribution in [3.8, 4) is 5.75 Å². The Bertz CT molecular complexity index is 740. The van der Waals surface area contributed by atoms with Crippen molar-refractivity contribution in [2.75, 3.05) is 25.1 Å². The van der Waals surface area contributed by atoms with E-state index >= 15 is 0 Å². The molecule has 0 saturated heterocycles. The molecule has 0 aromatic heterocycles. The van der Waals surface area contributed by atoms with Gasteiger partial charge in [0.25, 0.3) is 5.91 Å². The van der Waals surface area contributed by atoms with Crippen LogP contribution < -0.4 is 15.4 Å². The van der Waals surface area contributed by atoms with E-state index in [1.807, 2.05) is 25.1 Å². The van der Waals surface area contributed by atoms with Gasteiger partial charge in [-0.05, 0) is 43.4 Å². The van der Waals surface area contributed by atoms with Crippen LogP contribution in [0, 0.1) is 0 Å². The first-order valence-corrected chi connectivity index (χ1v) is 8.56. The largest absolute Gasteiger partial charge is 0.491 e. The van der Waals surface area contributed by atoms with Gasteiger partial charge in [-0.1, -0.05) is 29.8 Å². The predicted molar refractivity (Wildman–Crippen MR) is 104 cm³/mol. The first kappa shape index (κ1) is 19.2. The first-order chi connectivity index (χ1) is 12.1. The van der Waals surface area contributed by atoms with Crippen molar-refractivity contribution in [1.82, 2.24) is 5.32 Å². The molecule has 0 aliphatic carbocycles. The molecule has 0 heterocycles. The van der Waals surface area contributed by atoms with Crippen LogP contribution in [-0.2, 0) is 4.74 Å². The summed E-state index contributed by atoms with van der Waals surface area (Å²) >= 11 is 11.2. The molecule has 7 heteroatoms. The van der Waals surface area contributed by atoms with Crippen molar-refractivity contribution < 1.29 is 14.3 Å². The first-order valence-electron chi connectivity index (χ1n) is 7.77. The zero-order chi connectivity index (χ0) is 18.1. The zero-order valence-corrected chi connectivity index (χ0v) is 15.3. The van der Waals surface area contributed by atoms with E-state index in [1.54, 1.807) is 30.3 Å². The Morgan fingerprint density at radius 1 is 1.16 bits per heavy atom. The van der Waals surface area contributed by atoms with Crippen molar-refractivity contribution in [2.45, 2.75) is 6.92 Å². The quantitative estimate of drug-likeness (QED) is 0.565. The van der Waals surface area contributed by atoms with E-state index in [0.29, 0.717) is 41.8 Å². The number of thiocarbonyl (C=S) groups is 1. The average Bonchev–Trinajstić information content (AvgIpc) is 2.59. The Hall–Kier alpha value is -2.15. The fraction of sp³-hybridized carbons (Fsp3) is 0.222. The number of amides is 1. The van der Waals surface area contributed by atoms with E-state index in [9.17, 15) is 4.79 Å². The molecule has 0 spiro atoms. The topological polar surface area (TPSA) is 59.6 Å². The summed E-state index contributed by atoms with van der Waals surface area (Å²) in [4.78, 5) is 12.2. The second kappa shape index (κ2) is 9.98. The van der Waals surface area contributed by atoms with E-state index in [0.717, 1.165) is 0 Å². The minimum Gasteiger partial charge on any atom is -0.491 e. The molecule has 0 radical (unpaired) electrons. The Morgan fingerprint density at radius 2 is 1.96 bits per heavy atom. The summed E-state index contributed by atoms with van der Waals surface area (Å²) in [5.74, 6) is 0.317. The number of anilines is 1. The molecule has 25 heavy (non-hydrogen) atoms. The molecular weight excluding hydrogens is 360 g/mol. The third-order valence-corrected chi connectivity index (χ3v) is 3.67. The fourth-order valence-corrected chi connectivity index (χ4v) is 2.44. The SMILES string of the molecule is CCOCCOc1cccc(NC(=S)NC(=O)c2ccccc2Cl)c1. The van der Waals surface area contributed by atoms with Crippen LogP contribution in [0.5, 0.6) is 5.75 Å². The number of halogens is 1. The van der Waals surface area contributed by atoms with Gasteiger partial charge in [0.1, 0.15) is 12.4 Å². The highest BCUT2D eigenvalue weighted by atomic mass is 35.5. The molecular formula is C18H19ClN2O3S. The summed E-state index contributed by atoms with van der Waals surface area (Å²) in [7, 11) is 0. The summed E-state index contributed by atoms with van der Waals surface area (Å²) < 4.78 is 10.8. The molecule has 2 aromatic carbocycles. The average molecular weight is 379 g/mol. The highest BCUT2D eigenvalue weighted by Gasteiger charge is 2.11. The molecule has 0 aliphatic rings. The second-order valence-corrected chi connectivity index (χ2v) is 5.78. The Morgan fingerprint density at radius 3 is 2.72 bits per heavy atom. The molecule has 0 fully saturated rings. The summed E-state index contributed by atoms with van der Waals surface area (Å²) in [6.07, 6.45) is 0. The molecule has 2 rings (SSSR count). The monoisotopic (exact) mass is 378 g/mol. The summed E-state index contributed by atoms with van der Waals surface area (Å²) in [6.45, 7) is 3.58. The van der Waals surface area contributed by atoms with Gasteiger partial charge < -0.3 is 14.8 Å². The van der Waals surface area contributed by atoms with Gasteiger partial charge in [0.15, 0.2) is 5.11 Å². The highest BCUT2D eigenvalue weighted by molar-refractivity contribution is 7.80. The molecule has 2 N–H and O–H groups in total. The van der Waals surface area contributed by atoms with Gasteiger partial charge in [0.05, 0.1) is 17.2 Å². The van der Waals surface area contributed by atoms with Crippen molar-refractivity contribution in [3.63, 3.8) is 0 Å². The lowest BCUT2D eigenvalue weighted by Gasteiger charge is -2.12. The molecule has 132 valence electrons. The third-order valence-electron chi connectivity index (χ3n) is 3.14. The van der Waals surface area contributed by atoms with E-state index in [1.165, 1.54) is 0 Å². The van der Waals surface area contributed by atoms with Gasteiger partial charge in [-0.15, -0.1) is 0 Å². The van der Waals surface area contributed by atoms with Gasteiger partial charge >= 0.3 is 0 Å². The minimum absolute atomic E-state index is 0.177. The van der Waals surface area contributed by atoms with E-state index in [4.69, 9.17) is 33.3 Å². The fourth-order valence-electron chi connectivity index (χ4n) is 2.00. The van der Waals surface area contributed by atoms with Crippen LogP contribution in [0.25, 0.3) is 0 Å². The van der Waals surface area contributed by atoms with Crippen LogP contribution in [0.15, 0.2) is 48.5 Å². The van der Waals surface area contributed by atoms with E-state index < -0.39 is 0 Å². The summed E-state index contributed by atoms with van der Waals surface area (Å²) in [5, 5.41) is 6.10. The number of benzene rings is 2. The third kappa shape index (κ3) is 6.34. The lowest BCUT2D eigenvalue weighted by atomic mass is 10.2. The van der Waals surface area contributed by atoms with Gasteiger partial charge in [0.2, 0.25) is 0 Å². The van der Waals surface area contributed by atoms with Gasteiger partial charge in [-0.3, -0.25) is 10.1 Å². The van der Waals surface area contributed by atoms with Crippen molar-refractivity contribution in [2.24, 2.45) is 0 Å². The Kier molecular flexibility index (Phi) is 7.66. The van der Waals surface area contributed by atoms with E-state index in [2.05, 4.69) is 10.6 Å². The van der Waals surface area contributed by atoms with Crippen LogP contribution in [-0.4, -0.2) is 30.8 Å². The van der Waals surface area contributed by atoms with Gasteiger partial charge in [-0.2, -0.15) is 0 Å². The van der Waals surface area contributed by atoms with Crippen molar-refractivity contribution in [3.05, 3.63) is 59.1 Å². The zero-order valence-electron chi connectivity index (χ0n) is 13.8. The Labute approximate surface area is 157 Å². The number of carbonyl (C=O) groups is 1. The number of hydrogen-bond acceptors (Lipinski definition) is 4. The summed E-state index contributed by atoms with van der Waals surface area (Å²) in [6, 6.07) is 14.1. The van der Waals surface area contributed by atoms with E-state index in [-0.39, 0.29) is 11.0 Å². The van der Waals surface area contributed by atoms with Crippen LogP contribution in [0.4, 0.5) is 5.69 Å². The minimum atomic E-state index is -0.368. The van der Waals surface area contributed by atoms with Gasteiger partial charge in [-0.25, -0.2) is 0 Å². The normalized spacial score (nSPS) is 10.2. The smallest absolute Gasteiger partial charge is 0.258 e. The predicted octanol–water partition coefficient (Wildman–Crippen LogP) is 3.88. The lowest BCUT2D eigenvalue weighted by Crippen LogP contribution is -2.34. The highest BCUT2D eigenvalue weighted by Crippen LogP contribution is 2.18. The molecule has 0 bridgehead atoms. The van der Waals surface area contributed by atoms with Crippen LogP contribution in [0.1, 0.15) is 17.3 Å². The molecule has 1 amide bonds. The number of hydrogen-bond donors (Lipinski definition) is 2. The number of rotatable bonds is 7. The van der Waals surface area contributed by atoms with Crippen LogP contribution in [0.2, 0.25) is 5.02 Å². The molecule has 0 saturated carbocycles. The molecule has 0 aliphatic heterocycles. The number of ether oxygens (including phenoxy) is 2. The number of carbonyl (C=O) groups excluding carboxylic acids is 1. The van der Waals surface area contributed by atoms with Crippen LogP contribution >= 0.6 is 23.8 Å². The Balaban J connectivity index is 1.90. The molecule has 5 nitrogen and oxygen atoms in total. The van der Waals surface area contributed by atoms with Crippen molar-refractivity contribution in [1.29, 1.82) is 0 Å².